The number of amides is 1. The van der Waals surface area contributed by atoms with Crippen molar-refractivity contribution in [2.75, 3.05) is 6.79 Å². The summed E-state index contributed by atoms with van der Waals surface area (Å²) in [6, 6.07) is 19.1. The van der Waals surface area contributed by atoms with Gasteiger partial charge < -0.3 is 29.4 Å². The standard InChI is InChI=1S/C28H26FNO6/c29-23-8-5-18(6-9-23)14-30-28(32)26-12-22(21-7-10-24-25(11-21)35-17-34-24)13-27(36-26)33-16-20-3-1-19(15-31)2-4-20/h1-12,22,27,31H,13-17H2,(H,30,32)/t22-,27+/m0/s1. The maximum absolute atomic E-state index is 13.2. The van der Waals surface area contributed by atoms with Crippen LogP contribution in [-0.2, 0) is 34.0 Å². The Bertz CT molecular complexity index is 1240. The average Bonchev–Trinajstić information content (AvgIpc) is 3.39. The van der Waals surface area contributed by atoms with E-state index in [1.165, 1.54) is 12.1 Å². The highest BCUT2D eigenvalue weighted by Crippen LogP contribution is 2.38. The normalized spacial score (nSPS) is 18.3. The van der Waals surface area contributed by atoms with E-state index in [4.69, 9.17) is 18.9 Å². The molecular weight excluding hydrogens is 465 g/mol. The molecular formula is C28H26FNO6. The van der Waals surface area contributed by atoms with Gasteiger partial charge in [0.15, 0.2) is 17.3 Å². The molecule has 1 amide bonds. The van der Waals surface area contributed by atoms with E-state index in [-0.39, 0.29) is 50.0 Å². The summed E-state index contributed by atoms with van der Waals surface area (Å²) in [6.07, 6.45) is 1.63. The third-order valence-electron chi connectivity index (χ3n) is 6.11. The number of aliphatic hydroxyl groups is 1. The molecule has 3 aromatic rings. The third kappa shape index (κ3) is 5.67. The van der Waals surface area contributed by atoms with E-state index in [0.717, 1.165) is 22.3 Å². The molecule has 2 aliphatic rings. The molecule has 0 unspecified atom stereocenters. The van der Waals surface area contributed by atoms with Crippen molar-refractivity contribution in [3.8, 4) is 11.5 Å². The summed E-state index contributed by atoms with van der Waals surface area (Å²) >= 11 is 0. The Balaban J connectivity index is 1.31. The summed E-state index contributed by atoms with van der Waals surface area (Å²) in [5, 5.41) is 12.1. The molecule has 3 aromatic carbocycles. The first-order chi connectivity index (χ1) is 17.6. The number of benzene rings is 3. The zero-order chi connectivity index (χ0) is 24.9. The quantitative estimate of drug-likeness (QED) is 0.489. The van der Waals surface area contributed by atoms with Crippen LogP contribution in [0.3, 0.4) is 0 Å². The number of hydrogen-bond donors (Lipinski definition) is 2. The van der Waals surface area contributed by atoms with Crippen LogP contribution in [0.25, 0.3) is 0 Å². The summed E-state index contributed by atoms with van der Waals surface area (Å²) in [7, 11) is 0. The molecule has 0 saturated carbocycles. The maximum atomic E-state index is 13.2. The largest absolute Gasteiger partial charge is 0.459 e. The van der Waals surface area contributed by atoms with E-state index in [1.54, 1.807) is 18.2 Å². The van der Waals surface area contributed by atoms with Crippen LogP contribution in [-0.4, -0.2) is 24.1 Å². The van der Waals surface area contributed by atoms with Crippen molar-refractivity contribution in [1.82, 2.24) is 5.32 Å². The van der Waals surface area contributed by atoms with Crippen LogP contribution in [0.5, 0.6) is 11.5 Å². The van der Waals surface area contributed by atoms with Gasteiger partial charge in [-0.1, -0.05) is 42.5 Å². The number of fused-ring (bicyclic) bond motifs is 1. The van der Waals surface area contributed by atoms with E-state index in [2.05, 4.69) is 5.32 Å². The van der Waals surface area contributed by atoms with Gasteiger partial charge >= 0.3 is 0 Å². The number of allylic oxidation sites excluding steroid dienone is 1. The first-order valence-corrected chi connectivity index (χ1v) is 11.7. The maximum Gasteiger partial charge on any atom is 0.286 e. The highest BCUT2D eigenvalue weighted by molar-refractivity contribution is 5.91. The Hall–Kier alpha value is -3.88. The van der Waals surface area contributed by atoms with Crippen molar-refractivity contribution in [3.63, 3.8) is 0 Å². The summed E-state index contributed by atoms with van der Waals surface area (Å²) in [4.78, 5) is 13.0. The van der Waals surface area contributed by atoms with Crippen LogP contribution in [0.15, 0.2) is 78.6 Å². The first kappa shape index (κ1) is 23.8. The topological polar surface area (TPSA) is 86.3 Å². The van der Waals surface area contributed by atoms with Crippen LogP contribution >= 0.6 is 0 Å². The molecule has 2 N–H and O–H groups in total. The van der Waals surface area contributed by atoms with Gasteiger partial charge in [-0.3, -0.25) is 4.79 Å². The van der Waals surface area contributed by atoms with Crippen molar-refractivity contribution >= 4 is 5.91 Å². The minimum absolute atomic E-state index is 0.0225. The molecule has 2 aliphatic heterocycles. The predicted molar refractivity (Wildman–Crippen MR) is 128 cm³/mol. The number of carbonyl (C=O) groups excluding carboxylic acids is 1. The van der Waals surface area contributed by atoms with Gasteiger partial charge in [0, 0.05) is 18.9 Å². The minimum atomic E-state index is -0.658. The van der Waals surface area contributed by atoms with Crippen LogP contribution in [0.4, 0.5) is 4.39 Å². The van der Waals surface area contributed by atoms with Crippen LogP contribution in [0.2, 0.25) is 0 Å². The summed E-state index contributed by atoms with van der Waals surface area (Å²) in [5.41, 5.74) is 3.46. The Morgan fingerprint density at radius 1 is 0.972 bits per heavy atom. The molecule has 5 rings (SSSR count). The lowest BCUT2D eigenvalue weighted by Gasteiger charge is -2.29. The van der Waals surface area contributed by atoms with E-state index in [1.807, 2.05) is 42.5 Å². The Kier molecular flexibility index (Phi) is 7.16. The highest BCUT2D eigenvalue weighted by Gasteiger charge is 2.30. The van der Waals surface area contributed by atoms with Gasteiger partial charge in [0.25, 0.3) is 5.91 Å². The molecule has 186 valence electrons. The molecule has 0 aromatic heterocycles. The Morgan fingerprint density at radius 2 is 1.69 bits per heavy atom. The van der Waals surface area contributed by atoms with Gasteiger partial charge in [-0.15, -0.1) is 0 Å². The van der Waals surface area contributed by atoms with Gasteiger partial charge in [-0.05, 0) is 52.6 Å². The van der Waals surface area contributed by atoms with Gasteiger partial charge in [-0.25, -0.2) is 4.39 Å². The summed E-state index contributed by atoms with van der Waals surface area (Å²) < 4.78 is 36.1. The highest BCUT2D eigenvalue weighted by atomic mass is 19.1. The van der Waals surface area contributed by atoms with Crippen molar-refractivity contribution in [1.29, 1.82) is 0 Å². The van der Waals surface area contributed by atoms with Crippen molar-refractivity contribution < 1.29 is 33.2 Å². The molecule has 8 heteroatoms. The fourth-order valence-corrected chi connectivity index (χ4v) is 4.10. The summed E-state index contributed by atoms with van der Waals surface area (Å²) in [6.45, 7) is 0.678. The number of carbonyl (C=O) groups is 1. The monoisotopic (exact) mass is 491 g/mol. The van der Waals surface area contributed by atoms with Gasteiger partial charge in [0.2, 0.25) is 13.1 Å². The lowest BCUT2D eigenvalue weighted by Crippen LogP contribution is -2.32. The van der Waals surface area contributed by atoms with Crippen LogP contribution in [0.1, 0.15) is 34.6 Å². The molecule has 0 spiro atoms. The van der Waals surface area contributed by atoms with Gasteiger partial charge in [0.05, 0.1) is 13.2 Å². The number of nitrogens with one attached hydrogen (secondary N) is 1. The average molecular weight is 492 g/mol. The van der Waals surface area contributed by atoms with Crippen molar-refractivity contribution in [2.45, 2.75) is 38.4 Å². The second kappa shape index (κ2) is 10.8. The van der Waals surface area contributed by atoms with E-state index in [9.17, 15) is 14.3 Å². The molecule has 2 heterocycles. The molecule has 0 fully saturated rings. The SMILES string of the molecule is O=C(NCc1ccc(F)cc1)C1=C[C@H](c2ccc3c(c2)OCO3)C[C@H](OCc2ccc(CO)cc2)O1. The second-order valence-electron chi connectivity index (χ2n) is 8.63. The lowest BCUT2D eigenvalue weighted by atomic mass is 9.92. The molecule has 2 atom stereocenters. The molecule has 36 heavy (non-hydrogen) atoms. The number of aliphatic hydroxyl groups excluding tert-OH is 1. The Morgan fingerprint density at radius 3 is 2.47 bits per heavy atom. The fraction of sp³-hybridized carbons (Fsp3) is 0.250. The molecule has 0 saturated heterocycles. The smallest absolute Gasteiger partial charge is 0.286 e. The van der Waals surface area contributed by atoms with Crippen LogP contribution in [0, 0.1) is 5.82 Å². The van der Waals surface area contributed by atoms with Crippen molar-refractivity contribution in [3.05, 3.63) is 107 Å². The molecule has 0 radical (unpaired) electrons. The van der Waals surface area contributed by atoms with Crippen molar-refractivity contribution in [2.24, 2.45) is 0 Å². The number of halogens is 1. The lowest BCUT2D eigenvalue weighted by molar-refractivity contribution is -0.150. The van der Waals surface area contributed by atoms with Gasteiger partial charge in [-0.2, -0.15) is 0 Å². The van der Waals surface area contributed by atoms with E-state index >= 15 is 0 Å². The first-order valence-electron chi connectivity index (χ1n) is 11.7. The van der Waals surface area contributed by atoms with Crippen LogP contribution < -0.4 is 14.8 Å². The minimum Gasteiger partial charge on any atom is -0.459 e. The second-order valence-corrected chi connectivity index (χ2v) is 8.63. The molecule has 0 bridgehead atoms. The molecule has 0 aliphatic carbocycles. The van der Waals surface area contributed by atoms with E-state index < -0.39 is 6.29 Å². The van der Waals surface area contributed by atoms with E-state index in [0.29, 0.717) is 17.9 Å². The zero-order valence-electron chi connectivity index (χ0n) is 19.5. The third-order valence-corrected chi connectivity index (χ3v) is 6.11. The molecule has 7 nitrogen and oxygen atoms in total. The van der Waals surface area contributed by atoms with Gasteiger partial charge in [0.1, 0.15) is 5.82 Å². The Labute approximate surface area is 208 Å². The zero-order valence-corrected chi connectivity index (χ0v) is 19.5. The number of rotatable bonds is 8. The summed E-state index contributed by atoms with van der Waals surface area (Å²) in [5.74, 6) is 0.641. The fourth-order valence-electron chi connectivity index (χ4n) is 4.10. The number of hydrogen-bond acceptors (Lipinski definition) is 6. The number of ether oxygens (including phenoxy) is 4. The predicted octanol–water partition coefficient (Wildman–Crippen LogP) is 4.29.